The lowest BCUT2D eigenvalue weighted by Crippen LogP contribution is -2.20. The maximum absolute atomic E-state index is 12.1. The maximum Gasteiger partial charge on any atom is 0.324 e. The predicted octanol–water partition coefficient (Wildman–Crippen LogP) is 3.06. The number of amides is 2. The fraction of sp³-hybridized carbons (Fsp3) is 0.250. The second kappa shape index (κ2) is 7.35. The van der Waals surface area contributed by atoms with E-state index in [0.29, 0.717) is 28.8 Å². The zero-order valence-corrected chi connectivity index (χ0v) is 13.5. The lowest BCUT2D eigenvalue weighted by atomic mass is 10.2. The van der Waals surface area contributed by atoms with Gasteiger partial charge < -0.3 is 19.5 Å². The van der Waals surface area contributed by atoms with Gasteiger partial charge in [-0.3, -0.25) is 5.32 Å². The summed E-state index contributed by atoms with van der Waals surface area (Å²) in [5.41, 5.74) is 1.32. The highest BCUT2D eigenvalue weighted by Gasteiger charge is 2.14. The van der Waals surface area contributed by atoms with Gasteiger partial charge in [0.1, 0.15) is 5.82 Å². The van der Waals surface area contributed by atoms with Crippen LogP contribution in [0.25, 0.3) is 0 Å². The van der Waals surface area contributed by atoms with Gasteiger partial charge in [0, 0.05) is 17.8 Å². The number of aromatic nitrogens is 1. The number of carbonyl (C=O) groups is 1. The van der Waals surface area contributed by atoms with E-state index in [1.165, 1.54) is 21.3 Å². The molecule has 0 aliphatic carbocycles. The van der Waals surface area contributed by atoms with Gasteiger partial charge in [-0.2, -0.15) is 0 Å². The van der Waals surface area contributed by atoms with Crippen LogP contribution < -0.4 is 24.8 Å². The minimum absolute atomic E-state index is 0.419. The van der Waals surface area contributed by atoms with Gasteiger partial charge in [-0.1, -0.05) is 6.07 Å². The van der Waals surface area contributed by atoms with E-state index in [9.17, 15) is 4.79 Å². The number of methoxy groups -OCH3 is 3. The Morgan fingerprint density at radius 3 is 2.17 bits per heavy atom. The molecule has 1 aromatic carbocycles. The Morgan fingerprint density at radius 2 is 1.65 bits per heavy atom. The normalized spacial score (nSPS) is 9.91. The van der Waals surface area contributed by atoms with Crippen LogP contribution in [0.5, 0.6) is 17.2 Å². The molecule has 1 heterocycles. The predicted molar refractivity (Wildman–Crippen MR) is 87.7 cm³/mol. The first kappa shape index (κ1) is 16.4. The minimum atomic E-state index is -0.419. The number of carbonyl (C=O) groups excluding carboxylic acids is 1. The maximum atomic E-state index is 12.1. The second-order valence-corrected chi connectivity index (χ2v) is 4.66. The third-order valence-corrected chi connectivity index (χ3v) is 3.05. The summed E-state index contributed by atoms with van der Waals surface area (Å²) in [5, 5.41) is 5.37. The summed E-state index contributed by atoms with van der Waals surface area (Å²) >= 11 is 0. The van der Waals surface area contributed by atoms with Crippen LogP contribution in [0.3, 0.4) is 0 Å². The van der Waals surface area contributed by atoms with E-state index in [2.05, 4.69) is 15.6 Å². The van der Waals surface area contributed by atoms with Crippen LogP contribution >= 0.6 is 0 Å². The largest absolute Gasteiger partial charge is 0.493 e. The number of benzene rings is 1. The Balaban J connectivity index is 2.17. The molecule has 23 heavy (non-hydrogen) atoms. The van der Waals surface area contributed by atoms with Crippen molar-refractivity contribution < 1.29 is 19.0 Å². The van der Waals surface area contributed by atoms with Crippen molar-refractivity contribution in [3.63, 3.8) is 0 Å². The molecule has 0 bridgehead atoms. The fourth-order valence-electron chi connectivity index (χ4n) is 2.04. The first-order valence-corrected chi connectivity index (χ1v) is 6.89. The van der Waals surface area contributed by atoms with Crippen LogP contribution in [-0.2, 0) is 0 Å². The number of rotatable bonds is 5. The number of hydrogen-bond donors (Lipinski definition) is 2. The van der Waals surface area contributed by atoms with Crippen molar-refractivity contribution >= 4 is 17.5 Å². The number of pyridine rings is 1. The summed E-state index contributed by atoms with van der Waals surface area (Å²) in [7, 11) is 4.54. The molecular weight excluding hydrogens is 298 g/mol. The molecule has 2 aromatic rings. The Bertz CT molecular complexity index is 678. The van der Waals surface area contributed by atoms with E-state index >= 15 is 0 Å². The lowest BCUT2D eigenvalue weighted by Gasteiger charge is -2.14. The van der Waals surface area contributed by atoms with Gasteiger partial charge >= 0.3 is 6.03 Å². The lowest BCUT2D eigenvalue weighted by molar-refractivity contribution is 0.262. The average Bonchev–Trinajstić information content (AvgIpc) is 2.53. The third-order valence-electron chi connectivity index (χ3n) is 3.05. The molecule has 122 valence electrons. The van der Waals surface area contributed by atoms with E-state index in [0.717, 1.165) is 5.69 Å². The van der Waals surface area contributed by atoms with Crippen molar-refractivity contribution in [2.75, 3.05) is 32.0 Å². The number of hydrogen-bond acceptors (Lipinski definition) is 5. The van der Waals surface area contributed by atoms with E-state index < -0.39 is 6.03 Å². The molecule has 2 amide bonds. The summed E-state index contributed by atoms with van der Waals surface area (Å²) in [6, 6.07) is 8.24. The van der Waals surface area contributed by atoms with Crippen molar-refractivity contribution in [2.45, 2.75) is 6.92 Å². The molecule has 0 aliphatic heterocycles. The van der Waals surface area contributed by atoms with Crippen molar-refractivity contribution in [3.8, 4) is 17.2 Å². The number of nitrogens with one attached hydrogen (secondary N) is 2. The van der Waals surface area contributed by atoms with Gasteiger partial charge in [0.2, 0.25) is 5.75 Å². The highest BCUT2D eigenvalue weighted by Crippen LogP contribution is 2.39. The van der Waals surface area contributed by atoms with E-state index in [1.807, 2.05) is 19.1 Å². The minimum Gasteiger partial charge on any atom is -0.493 e. The van der Waals surface area contributed by atoms with Crippen LogP contribution in [0.2, 0.25) is 0 Å². The molecule has 0 spiro atoms. The smallest absolute Gasteiger partial charge is 0.324 e. The molecule has 0 saturated carbocycles. The molecule has 1 aromatic heterocycles. The van der Waals surface area contributed by atoms with Gasteiger partial charge in [0.25, 0.3) is 0 Å². The fourth-order valence-corrected chi connectivity index (χ4v) is 2.04. The molecule has 2 rings (SSSR count). The standard InChI is InChI=1S/C16H19N3O4/c1-10-6-5-7-14(17-10)19-16(20)18-11-8-12(21-2)15(23-4)13(9-11)22-3/h5-9H,1-4H3,(H2,17,18,19,20). The quantitative estimate of drug-likeness (QED) is 0.885. The van der Waals surface area contributed by atoms with Crippen LogP contribution in [0, 0.1) is 6.92 Å². The number of urea groups is 1. The zero-order valence-electron chi connectivity index (χ0n) is 13.5. The number of ether oxygens (including phenoxy) is 3. The van der Waals surface area contributed by atoms with E-state index in [4.69, 9.17) is 14.2 Å². The van der Waals surface area contributed by atoms with Gasteiger partial charge in [0.05, 0.1) is 27.0 Å². The molecule has 0 saturated heterocycles. The molecule has 2 N–H and O–H groups in total. The molecule has 7 heteroatoms. The van der Waals surface area contributed by atoms with E-state index in [-0.39, 0.29) is 0 Å². The topological polar surface area (TPSA) is 81.7 Å². The summed E-state index contributed by atoms with van der Waals surface area (Å²) in [6.07, 6.45) is 0. The Hall–Kier alpha value is -2.96. The monoisotopic (exact) mass is 317 g/mol. The van der Waals surface area contributed by atoms with Crippen molar-refractivity contribution in [1.82, 2.24) is 4.98 Å². The van der Waals surface area contributed by atoms with Gasteiger partial charge in [-0.25, -0.2) is 9.78 Å². The molecule has 0 radical (unpaired) electrons. The SMILES string of the molecule is COc1cc(NC(=O)Nc2cccc(C)n2)cc(OC)c1OC. The zero-order chi connectivity index (χ0) is 16.8. The summed E-state index contributed by atoms with van der Waals surface area (Å²) < 4.78 is 15.7. The first-order chi connectivity index (χ1) is 11.1. The molecule has 0 fully saturated rings. The molecular formula is C16H19N3O4. The first-order valence-electron chi connectivity index (χ1n) is 6.89. The van der Waals surface area contributed by atoms with Crippen molar-refractivity contribution in [1.29, 1.82) is 0 Å². The van der Waals surface area contributed by atoms with Crippen molar-refractivity contribution in [2.24, 2.45) is 0 Å². The van der Waals surface area contributed by atoms with Gasteiger partial charge in [0.15, 0.2) is 11.5 Å². The summed E-state index contributed by atoms with van der Waals surface area (Å²) in [6.45, 7) is 1.85. The second-order valence-electron chi connectivity index (χ2n) is 4.66. The van der Waals surface area contributed by atoms with Crippen LogP contribution in [0.1, 0.15) is 5.69 Å². The average molecular weight is 317 g/mol. The molecule has 7 nitrogen and oxygen atoms in total. The molecule has 0 aliphatic rings. The Morgan fingerprint density at radius 1 is 1.00 bits per heavy atom. The highest BCUT2D eigenvalue weighted by molar-refractivity contribution is 5.99. The number of nitrogens with zero attached hydrogens (tertiary/aromatic N) is 1. The third kappa shape index (κ3) is 4.03. The molecule has 0 atom stereocenters. The Kier molecular flexibility index (Phi) is 5.24. The van der Waals surface area contributed by atoms with E-state index in [1.54, 1.807) is 18.2 Å². The van der Waals surface area contributed by atoms with Crippen LogP contribution in [-0.4, -0.2) is 32.3 Å². The van der Waals surface area contributed by atoms with Crippen molar-refractivity contribution in [3.05, 3.63) is 36.0 Å². The molecule has 0 unspecified atom stereocenters. The summed E-state index contributed by atoms with van der Waals surface area (Å²) in [5.74, 6) is 1.84. The number of anilines is 2. The Labute approximate surface area is 134 Å². The van der Waals surface area contributed by atoms with Crippen LogP contribution in [0.4, 0.5) is 16.3 Å². The highest BCUT2D eigenvalue weighted by atomic mass is 16.5. The summed E-state index contributed by atoms with van der Waals surface area (Å²) in [4.78, 5) is 16.3. The van der Waals surface area contributed by atoms with Gasteiger partial charge in [-0.05, 0) is 19.1 Å². The van der Waals surface area contributed by atoms with Gasteiger partial charge in [-0.15, -0.1) is 0 Å². The van der Waals surface area contributed by atoms with Crippen LogP contribution in [0.15, 0.2) is 30.3 Å². The number of aryl methyl sites for hydroxylation is 1.